The van der Waals surface area contributed by atoms with Gasteiger partial charge in [-0.15, -0.1) is 11.3 Å². The van der Waals surface area contributed by atoms with Crippen molar-refractivity contribution in [2.24, 2.45) is 0 Å². The van der Waals surface area contributed by atoms with E-state index in [-0.39, 0.29) is 0 Å². The lowest BCUT2D eigenvalue weighted by Gasteiger charge is -2.05. The second-order valence-corrected chi connectivity index (χ2v) is 6.06. The number of rotatable bonds is 3. The van der Waals surface area contributed by atoms with Gasteiger partial charge in [-0.25, -0.2) is 9.97 Å². The molecule has 0 bridgehead atoms. The monoisotopic (exact) mass is 304 g/mol. The predicted molar refractivity (Wildman–Crippen MR) is 82.7 cm³/mol. The van der Waals surface area contributed by atoms with Crippen molar-refractivity contribution in [3.63, 3.8) is 0 Å². The Morgan fingerprint density at radius 2 is 1.90 bits per heavy atom. The molecule has 0 aliphatic rings. The number of ether oxygens (including phenoxy) is 1. The van der Waals surface area contributed by atoms with Crippen LogP contribution >= 0.6 is 22.9 Å². The average Bonchev–Trinajstić information content (AvgIpc) is 2.73. The summed E-state index contributed by atoms with van der Waals surface area (Å²) in [5.74, 6) is 1.40. The first-order valence-corrected chi connectivity index (χ1v) is 7.44. The van der Waals surface area contributed by atoms with Crippen LogP contribution in [0.4, 0.5) is 0 Å². The average molecular weight is 305 g/mol. The molecule has 0 saturated heterocycles. The molecule has 0 aliphatic carbocycles. The number of benzene rings is 1. The van der Waals surface area contributed by atoms with Gasteiger partial charge in [0.25, 0.3) is 0 Å². The van der Waals surface area contributed by atoms with E-state index in [2.05, 4.69) is 16.9 Å². The molecule has 0 spiro atoms. The fraction of sp³-hybridized carbons (Fsp3) is 0.200. The maximum Gasteiger partial charge on any atom is 0.169 e. The number of fused-ring (bicyclic) bond motifs is 1. The summed E-state index contributed by atoms with van der Waals surface area (Å²) >= 11 is 7.90. The molecule has 0 fully saturated rings. The summed E-state index contributed by atoms with van der Waals surface area (Å²) in [5, 5.41) is 1.46. The third-order valence-electron chi connectivity index (χ3n) is 3.14. The third kappa shape index (κ3) is 2.49. The number of hydrogen-bond acceptors (Lipinski definition) is 4. The highest BCUT2D eigenvalue weighted by Gasteiger charge is 2.13. The Bertz CT molecular complexity index is 755. The lowest BCUT2D eigenvalue weighted by molar-refractivity contribution is 0.296. The van der Waals surface area contributed by atoms with Gasteiger partial charge in [0.05, 0.1) is 5.39 Å². The standard InChI is InChI=1S/C15H13ClN2OS/c1-9-10(2)20-15-13(9)14(16)17-12(18-15)8-19-11-6-4-3-5-7-11/h3-7H,8H2,1-2H3. The van der Waals surface area contributed by atoms with Gasteiger partial charge >= 0.3 is 0 Å². The second-order valence-electron chi connectivity index (χ2n) is 4.50. The van der Waals surface area contributed by atoms with Crippen molar-refractivity contribution < 1.29 is 4.74 Å². The van der Waals surface area contributed by atoms with E-state index in [0.29, 0.717) is 17.6 Å². The Morgan fingerprint density at radius 1 is 1.15 bits per heavy atom. The smallest absolute Gasteiger partial charge is 0.169 e. The molecule has 0 aliphatic heterocycles. The molecule has 2 aromatic heterocycles. The van der Waals surface area contributed by atoms with E-state index in [1.165, 1.54) is 4.88 Å². The molecule has 3 nitrogen and oxygen atoms in total. The van der Waals surface area contributed by atoms with Gasteiger partial charge < -0.3 is 4.74 Å². The number of aromatic nitrogens is 2. The molecule has 0 atom stereocenters. The van der Waals surface area contributed by atoms with Gasteiger partial charge in [0.15, 0.2) is 5.82 Å². The molecule has 102 valence electrons. The third-order valence-corrected chi connectivity index (χ3v) is 4.52. The minimum absolute atomic E-state index is 0.315. The van der Waals surface area contributed by atoms with Gasteiger partial charge in [-0.05, 0) is 31.5 Å². The summed E-state index contributed by atoms with van der Waals surface area (Å²) in [6.07, 6.45) is 0. The Morgan fingerprint density at radius 3 is 2.65 bits per heavy atom. The molecule has 0 saturated carbocycles. The van der Waals surface area contributed by atoms with Crippen LogP contribution in [0.2, 0.25) is 5.15 Å². The van der Waals surface area contributed by atoms with Crippen molar-refractivity contribution in [3.8, 4) is 5.75 Å². The molecule has 0 unspecified atom stereocenters. The number of nitrogens with zero attached hydrogens (tertiary/aromatic N) is 2. The molecule has 5 heteroatoms. The fourth-order valence-corrected chi connectivity index (χ4v) is 3.40. The van der Waals surface area contributed by atoms with E-state index in [1.807, 2.05) is 37.3 Å². The van der Waals surface area contributed by atoms with Gasteiger partial charge in [-0.3, -0.25) is 0 Å². The maximum atomic E-state index is 6.26. The van der Waals surface area contributed by atoms with Crippen LogP contribution in [0.3, 0.4) is 0 Å². The second kappa shape index (κ2) is 5.38. The van der Waals surface area contributed by atoms with Crippen LogP contribution in [0.15, 0.2) is 30.3 Å². The van der Waals surface area contributed by atoms with E-state index in [9.17, 15) is 0 Å². The van der Waals surface area contributed by atoms with Crippen molar-refractivity contribution in [2.75, 3.05) is 0 Å². The molecule has 0 amide bonds. The van der Waals surface area contributed by atoms with Gasteiger partial charge in [0, 0.05) is 4.88 Å². The zero-order chi connectivity index (χ0) is 14.1. The van der Waals surface area contributed by atoms with E-state index in [4.69, 9.17) is 16.3 Å². The normalized spacial score (nSPS) is 10.9. The summed E-state index contributed by atoms with van der Waals surface area (Å²) < 4.78 is 5.65. The highest BCUT2D eigenvalue weighted by molar-refractivity contribution is 7.18. The largest absolute Gasteiger partial charge is 0.486 e. The summed E-state index contributed by atoms with van der Waals surface area (Å²) in [4.78, 5) is 11.0. The Balaban J connectivity index is 1.89. The highest BCUT2D eigenvalue weighted by atomic mass is 35.5. The van der Waals surface area contributed by atoms with Crippen LogP contribution in [-0.2, 0) is 6.61 Å². The van der Waals surface area contributed by atoms with Gasteiger partial charge in [-0.2, -0.15) is 0 Å². The molecular formula is C15H13ClN2OS. The van der Waals surface area contributed by atoms with Crippen LogP contribution in [0.5, 0.6) is 5.75 Å². The number of aryl methyl sites for hydroxylation is 2. The lowest BCUT2D eigenvalue weighted by Crippen LogP contribution is -2.01. The van der Waals surface area contributed by atoms with E-state index >= 15 is 0 Å². The van der Waals surface area contributed by atoms with Crippen molar-refractivity contribution in [2.45, 2.75) is 20.5 Å². The van der Waals surface area contributed by atoms with E-state index in [1.54, 1.807) is 11.3 Å². The number of hydrogen-bond donors (Lipinski definition) is 0. The summed E-state index contributed by atoms with van der Waals surface area (Å²) in [6.45, 7) is 4.43. The number of thiophene rings is 1. The minimum atomic E-state index is 0.315. The quantitative estimate of drug-likeness (QED) is 0.666. The van der Waals surface area contributed by atoms with Crippen LogP contribution < -0.4 is 4.74 Å². The molecular weight excluding hydrogens is 292 g/mol. The Hall–Kier alpha value is -1.65. The maximum absolute atomic E-state index is 6.26. The van der Waals surface area contributed by atoms with Gasteiger partial charge in [0.1, 0.15) is 22.3 Å². The zero-order valence-electron chi connectivity index (χ0n) is 11.2. The van der Waals surface area contributed by atoms with E-state index < -0.39 is 0 Å². The molecule has 0 radical (unpaired) electrons. The van der Waals surface area contributed by atoms with E-state index in [0.717, 1.165) is 21.5 Å². The number of halogens is 1. The predicted octanol–water partition coefficient (Wildman–Crippen LogP) is 4.54. The Labute approximate surface area is 126 Å². The molecule has 1 aromatic carbocycles. The first-order valence-electron chi connectivity index (χ1n) is 6.25. The first-order chi connectivity index (χ1) is 9.65. The first kappa shape index (κ1) is 13.3. The summed E-state index contributed by atoms with van der Waals surface area (Å²) in [7, 11) is 0. The summed E-state index contributed by atoms with van der Waals surface area (Å²) in [5.41, 5.74) is 1.16. The Kier molecular flexibility index (Phi) is 3.59. The SMILES string of the molecule is Cc1sc2nc(COc3ccccc3)nc(Cl)c2c1C. The molecule has 3 rings (SSSR count). The zero-order valence-corrected chi connectivity index (χ0v) is 12.8. The molecule has 20 heavy (non-hydrogen) atoms. The van der Waals surface area contributed by atoms with Crippen molar-refractivity contribution in [3.05, 3.63) is 51.7 Å². The van der Waals surface area contributed by atoms with Crippen LogP contribution in [0, 0.1) is 13.8 Å². The van der Waals surface area contributed by atoms with Gasteiger partial charge in [0.2, 0.25) is 0 Å². The van der Waals surface area contributed by atoms with Crippen molar-refractivity contribution in [1.82, 2.24) is 9.97 Å². The van der Waals surface area contributed by atoms with Crippen LogP contribution in [0.25, 0.3) is 10.2 Å². The van der Waals surface area contributed by atoms with Gasteiger partial charge in [-0.1, -0.05) is 29.8 Å². The molecule has 0 N–H and O–H groups in total. The van der Waals surface area contributed by atoms with Crippen molar-refractivity contribution >= 4 is 33.2 Å². The fourth-order valence-electron chi connectivity index (χ4n) is 1.97. The topological polar surface area (TPSA) is 35.0 Å². The highest BCUT2D eigenvalue weighted by Crippen LogP contribution is 2.32. The van der Waals surface area contributed by atoms with Crippen LogP contribution in [-0.4, -0.2) is 9.97 Å². The summed E-state index contributed by atoms with van der Waals surface area (Å²) in [6, 6.07) is 9.61. The minimum Gasteiger partial charge on any atom is -0.486 e. The lowest BCUT2D eigenvalue weighted by atomic mass is 10.2. The van der Waals surface area contributed by atoms with Crippen LogP contribution in [0.1, 0.15) is 16.3 Å². The molecule has 3 aromatic rings. The molecule has 2 heterocycles. The number of para-hydroxylation sites is 1. The van der Waals surface area contributed by atoms with Crippen molar-refractivity contribution in [1.29, 1.82) is 0 Å².